The van der Waals surface area contributed by atoms with Crippen molar-refractivity contribution in [2.45, 2.75) is 19.3 Å². The van der Waals surface area contributed by atoms with E-state index in [-0.39, 0.29) is 29.3 Å². The lowest BCUT2D eigenvalue weighted by molar-refractivity contribution is -0.121. The van der Waals surface area contributed by atoms with Crippen molar-refractivity contribution in [2.75, 3.05) is 36.9 Å². The molecule has 0 radical (unpaired) electrons. The van der Waals surface area contributed by atoms with Crippen LogP contribution in [0.3, 0.4) is 0 Å². The van der Waals surface area contributed by atoms with Gasteiger partial charge in [-0.05, 0) is 43.2 Å². The molecule has 0 bridgehead atoms. The second-order valence-corrected chi connectivity index (χ2v) is 7.99. The highest BCUT2D eigenvalue weighted by Gasteiger charge is 2.28. The largest absolute Gasteiger partial charge is 0.506 e. The number of ether oxygens (including phenoxy) is 2. The average Bonchev–Trinajstić information content (AvgIpc) is 3.01. The third-order valence-electron chi connectivity index (χ3n) is 5.37. The summed E-state index contributed by atoms with van der Waals surface area (Å²) in [4.78, 5) is 26.9. The van der Waals surface area contributed by atoms with Gasteiger partial charge in [0, 0.05) is 42.2 Å². The van der Waals surface area contributed by atoms with Crippen LogP contribution in [0, 0.1) is 5.92 Å². The molecule has 0 atom stereocenters. The Morgan fingerprint density at radius 1 is 1.00 bits per heavy atom. The minimum Gasteiger partial charge on any atom is -0.506 e. The number of urea groups is 1. The third kappa shape index (κ3) is 5.14. The first-order chi connectivity index (χ1) is 15.0. The van der Waals surface area contributed by atoms with Crippen LogP contribution in [0.4, 0.5) is 16.2 Å². The SMILES string of the molecule is O=C(Nc1cc(Cl)ccc1O)C1CCN(C(=O)Nc2ccc3c(c2)OCCCO3)CC1. The maximum atomic E-state index is 12.6. The number of rotatable bonds is 3. The molecule has 9 heteroatoms. The molecule has 2 aromatic carbocycles. The van der Waals surface area contributed by atoms with Gasteiger partial charge in [0.05, 0.1) is 18.9 Å². The quantitative estimate of drug-likeness (QED) is 0.618. The van der Waals surface area contributed by atoms with Crippen molar-refractivity contribution in [2.24, 2.45) is 5.92 Å². The molecular weight excluding hydrogens is 422 g/mol. The zero-order chi connectivity index (χ0) is 21.8. The molecule has 2 heterocycles. The van der Waals surface area contributed by atoms with Crippen LogP contribution in [0.1, 0.15) is 19.3 Å². The Labute approximate surface area is 185 Å². The third-order valence-corrected chi connectivity index (χ3v) is 5.60. The number of hydrogen-bond acceptors (Lipinski definition) is 5. The number of likely N-dealkylation sites (tertiary alicyclic amines) is 1. The summed E-state index contributed by atoms with van der Waals surface area (Å²) in [5, 5.41) is 15.9. The van der Waals surface area contributed by atoms with Crippen LogP contribution in [0.15, 0.2) is 36.4 Å². The molecule has 1 fully saturated rings. The predicted octanol–water partition coefficient (Wildman–Crippen LogP) is 4.09. The number of phenolic OH excluding ortho intramolecular Hbond substituents is 1. The number of amides is 3. The molecule has 0 aliphatic carbocycles. The normalized spacial score (nSPS) is 16.4. The number of phenols is 1. The summed E-state index contributed by atoms with van der Waals surface area (Å²) in [5.74, 6) is 0.814. The van der Waals surface area contributed by atoms with Gasteiger partial charge in [-0.3, -0.25) is 4.79 Å². The second kappa shape index (κ2) is 9.34. The van der Waals surface area contributed by atoms with Crippen molar-refractivity contribution in [3.63, 3.8) is 0 Å². The van der Waals surface area contributed by atoms with Gasteiger partial charge in [-0.1, -0.05) is 11.6 Å². The highest BCUT2D eigenvalue weighted by Crippen LogP contribution is 2.33. The van der Waals surface area contributed by atoms with Gasteiger partial charge in [0.15, 0.2) is 11.5 Å². The summed E-state index contributed by atoms with van der Waals surface area (Å²) < 4.78 is 11.3. The molecule has 1 saturated heterocycles. The summed E-state index contributed by atoms with van der Waals surface area (Å²) in [7, 11) is 0. The van der Waals surface area contributed by atoms with E-state index in [4.69, 9.17) is 21.1 Å². The van der Waals surface area contributed by atoms with Gasteiger partial charge in [-0.2, -0.15) is 0 Å². The van der Waals surface area contributed by atoms with Crippen molar-refractivity contribution in [3.8, 4) is 17.2 Å². The van der Waals surface area contributed by atoms with E-state index in [1.165, 1.54) is 12.1 Å². The van der Waals surface area contributed by atoms with Crippen molar-refractivity contribution >= 4 is 34.9 Å². The first-order valence-corrected chi connectivity index (χ1v) is 10.6. The van der Waals surface area contributed by atoms with E-state index in [9.17, 15) is 14.7 Å². The maximum absolute atomic E-state index is 12.6. The van der Waals surface area contributed by atoms with E-state index in [0.29, 0.717) is 61.4 Å². The summed E-state index contributed by atoms with van der Waals surface area (Å²) in [6, 6.07) is 9.60. The lowest BCUT2D eigenvalue weighted by atomic mass is 9.96. The fraction of sp³-hybridized carbons (Fsp3) is 0.364. The van der Waals surface area contributed by atoms with Crippen LogP contribution in [0.2, 0.25) is 5.02 Å². The number of carbonyl (C=O) groups is 2. The van der Waals surface area contributed by atoms with Gasteiger partial charge in [0.25, 0.3) is 0 Å². The van der Waals surface area contributed by atoms with Crippen molar-refractivity contribution < 1.29 is 24.2 Å². The Balaban J connectivity index is 1.30. The first kappa shape index (κ1) is 21.1. The zero-order valence-corrected chi connectivity index (χ0v) is 17.7. The van der Waals surface area contributed by atoms with E-state index in [1.807, 2.05) is 0 Å². The maximum Gasteiger partial charge on any atom is 0.321 e. The first-order valence-electron chi connectivity index (χ1n) is 10.2. The van der Waals surface area contributed by atoms with E-state index in [2.05, 4.69) is 10.6 Å². The molecule has 0 saturated carbocycles. The molecule has 31 heavy (non-hydrogen) atoms. The molecule has 2 aliphatic rings. The predicted molar refractivity (Wildman–Crippen MR) is 117 cm³/mol. The summed E-state index contributed by atoms with van der Waals surface area (Å²) in [6.07, 6.45) is 1.87. The molecule has 2 aliphatic heterocycles. The number of carbonyl (C=O) groups excluding carboxylic acids is 2. The molecule has 2 aromatic rings. The number of anilines is 2. The van der Waals surface area contributed by atoms with Gasteiger partial charge in [0.1, 0.15) is 5.75 Å². The number of benzene rings is 2. The summed E-state index contributed by atoms with van der Waals surface area (Å²) in [6.45, 7) is 2.09. The Morgan fingerprint density at radius 3 is 2.52 bits per heavy atom. The number of piperidine rings is 1. The van der Waals surface area contributed by atoms with Gasteiger partial charge >= 0.3 is 6.03 Å². The monoisotopic (exact) mass is 445 g/mol. The average molecular weight is 446 g/mol. The van der Waals surface area contributed by atoms with Crippen molar-refractivity contribution in [1.29, 1.82) is 0 Å². The van der Waals surface area contributed by atoms with E-state index >= 15 is 0 Å². The Hall–Kier alpha value is -3.13. The molecular formula is C22H24ClN3O5. The van der Waals surface area contributed by atoms with Crippen LogP contribution in [0.5, 0.6) is 17.2 Å². The highest BCUT2D eigenvalue weighted by atomic mass is 35.5. The number of aromatic hydroxyl groups is 1. The topological polar surface area (TPSA) is 100 Å². The molecule has 0 spiro atoms. The second-order valence-electron chi connectivity index (χ2n) is 7.55. The van der Waals surface area contributed by atoms with E-state index in [1.54, 1.807) is 29.2 Å². The van der Waals surface area contributed by atoms with Crippen molar-refractivity contribution in [1.82, 2.24) is 4.90 Å². The Bertz CT molecular complexity index is 976. The van der Waals surface area contributed by atoms with Gasteiger partial charge in [-0.25, -0.2) is 4.79 Å². The molecule has 164 valence electrons. The van der Waals surface area contributed by atoms with Gasteiger partial charge < -0.3 is 30.1 Å². The molecule has 3 N–H and O–H groups in total. The molecule has 0 aromatic heterocycles. The molecule has 8 nitrogen and oxygen atoms in total. The van der Waals surface area contributed by atoms with Gasteiger partial charge in [-0.15, -0.1) is 0 Å². The van der Waals surface area contributed by atoms with Gasteiger partial charge in [0.2, 0.25) is 5.91 Å². The molecule has 0 unspecified atom stereocenters. The number of hydrogen-bond donors (Lipinski definition) is 3. The fourth-order valence-corrected chi connectivity index (χ4v) is 3.80. The van der Waals surface area contributed by atoms with E-state index < -0.39 is 0 Å². The van der Waals surface area contributed by atoms with Crippen LogP contribution in [-0.2, 0) is 4.79 Å². The lowest BCUT2D eigenvalue weighted by Crippen LogP contribution is -2.43. The fourth-order valence-electron chi connectivity index (χ4n) is 3.63. The van der Waals surface area contributed by atoms with Crippen LogP contribution in [0.25, 0.3) is 0 Å². The number of halogens is 1. The number of nitrogens with one attached hydrogen (secondary N) is 2. The minimum atomic E-state index is -0.250. The Kier molecular flexibility index (Phi) is 6.36. The van der Waals surface area contributed by atoms with Crippen LogP contribution < -0.4 is 20.1 Å². The summed E-state index contributed by atoms with van der Waals surface area (Å²) >= 11 is 5.93. The smallest absolute Gasteiger partial charge is 0.321 e. The zero-order valence-electron chi connectivity index (χ0n) is 16.9. The Morgan fingerprint density at radius 2 is 1.74 bits per heavy atom. The highest BCUT2D eigenvalue weighted by molar-refractivity contribution is 6.31. The van der Waals surface area contributed by atoms with Crippen LogP contribution in [-0.4, -0.2) is 48.2 Å². The van der Waals surface area contributed by atoms with Crippen molar-refractivity contribution in [3.05, 3.63) is 41.4 Å². The molecule has 4 rings (SSSR count). The summed E-state index contributed by atoms with van der Waals surface area (Å²) in [5.41, 5.74) is 0.914. The number of nitrogens with zero attached hydrogens (tertiary/aromatic N) is 1. The standard InChI is InChI=1S/C22H24ClN3O5/c23-15-2-4-18(27)17(12-15)25-21(28)14-6-8-26(9-7-14)22(29)24-16-3-5-19-20(13-16)31-11-1-10-30-19/h2-5,12-14,27H,1,6-11H2,(H,24,29)(H,25,28). The minimum absolute atomic E-state index is 0.0373. The van der Waals surface area contributed by atoms with E-state index in [0.717, 1.165) is 6.42 Å². The lowest BCUT2D eigenvalue weighted by Gasteiger charge is -2.31. The number of fused-ring (bicyclic) bond motifs is 1. The van der Waals surface area contributed by atoms with Crippen LogP contribution >= 0.6 is 11.6 Å². The molecule has 3 amide bonds.